The zero-order valence-corrected chi connectivity index (χ0v) is 24.1. The highest BCUT2D eigenvalue weighted by atomic mass is 32.1. The van der Waals surface area contributed by atoms with Crippen molar-refractivity contribution in [1.29, 1.82) is 0 Å². The number of esters is 1. The molecule has 0 fully saturated rings. The predicted octanol–water partition coefficient (Wildman–Crippen LogP) is 6.77. The third-order valence-electron chi connectivity index (χ3n) is 6.25. The number of thiazole rings is 1. The standard InChI is InChI=1S/C29H19F3N6O4S2/c1-2-42-27(41)16-7-10-18-22(12-16)44-28(35-18)36-25(39)15-5-8-17(9-6-15)33-26(40)20-14-24-34-19(21-4-3-11-43-21)13-23(29(30,31)32)38(24)37-20/h3-14H,2H2,1H3,(H,33,40)(H,35,36,39). The highest BCUT2D eigenvalue weighted by Crippen LogP contribution is 2.33. The second-order valence-corrected chi connectivity index (χ2v) is 11.2. The van der Waals surface area contributed by atoms with Gasteiger partial charge in [0.2, 0.25) is 0 Å². The lowest BCUT2D eigenvalue weighted by atomic mass is 10.2. The lowest BCUT2D eigenvalue weighted by Crippen LogP contribution is -2.16. The number of carbonyl (C=O) groups is 3. The van der Waals surface area contributed by atoms with E-state index in [9.17, 15) is 27.6 Å². The van der Waals surface area contributed by atoms with Crippen molar-refractivity contribution in [2.45, 2.75) is 13.1 Å². The molecule has 0 aliphatic carbocycles. The zero-order valence-electron chi connectivity index (χ0n) is 22.5. The van der Waals surface area contributed by atoms with Gasteiger partial charge in [-0.2, -0.15) is 18.3 Å². The van der Waals surface area contributed by atoms with Crippen LogP contribution in [0, 0.1) is 0 Å². The van der Waals surface area contributed by atoms with Crippen LogP contribution >= 0.6 is 22.7 Å². The summed E-state index contributed by atoms with van der Waals surface area (Å²) in [7, 11) is 0. The summed E-state index contributed by atoms with van der Waals surface area (Å²) in [5.41, 5.74) is 0.190. The molecule has 4 aromatic heterocycles. The summed E-state index contributed by atoms with van der Waals surface area (Å²) < 4.78 is 47.8. The van der Waals surface area contributed by atoms with E-state index in [2.05, 4.69) is 25.7 Å². The molecule has 2 aromatic carbocycles. The average molecular weight is 637 g/mol. The van der Waals surface area contributed by atoms with E-state index in [0.717, 1.165) is 6.07 Å². The number of carbonyl (C=O) groups excluding carboxylic acids is 3. The van der Waals surface area contributed by atoms with Gasteiger partial charge >= 0.3 is 12.1 Å². The van der Waals surface area contributed by atoms with Crippen LogP contribution in [-0.4, -0.2) is 44.0 Å². The molecule has 0 saturated carbocycles. The summed E-state index contributed by atoms with van der Waals surface area (Å²) in [4.78, 5) is 46.9. The first kappa shape index (κ1) is 28.9. The van der Waals surface area contributed by atoms with E-state index in [4.69, 9.17) is 4.74 Å². The quantitative estimate of drug-likeness (QED) is 0.185. The number of nitrogens with one attached hydrogen (secondary N) is 2. The van der Waals surface area contributed by atoms with Crippen molar-refractivity contribution in [3.8, 4) is 10.6 Å². The Labute approximate surface area is 254 Å². The fourth-order valence-corrected chi connectivity index (χ4v) is 5.81. The van der Waals surface area contributed by atoms with Gasteiger partial charge in [0.1, 0.15) is 0 Å². The van der Waals surface area contributed by atoms with E-state index in [0.29, 0.717) is 36.0 Å². The number of fused-ring (bicyclic) bond motifs is 2. The van der Waals surface area contributed by atoms with Gasteiger partial charge in [0.15, 0.2) is 22.2 Å². The summed E-state index contributed by atoms with van der Waals surface area (Å²) in [6.45, 7) is 1.97. The van der Waals surface area contributed by atoms with Gasteiger partial charge in [-0.3, -0.25) is 14.9 Å². The molecular weight excluding hydrogens is 617 g/mol. The Bertz CT molecular complexity index is 2040. The van der Waals surface area contributed by atoms with Crippen LogP contribution in [0.2, 0.25) is 0 Å². The molecule has 6 aromatic rings. The maximum atomic E-state index is 13.8. The number of benzene rings is 2. The van der Waals surface area contributed by atoms with Gasteiger partial charge in [0.25, 0.3) is 11.8 Å². The molecule has 2 amide bonds. The Balaban J connectivity index is 1.16. The van der Waals surface area contributed by atoms with Crippen molar-refractivity contribution in [2.24, 2.45) is 0 Å². The van der Waals surface area contributed by atoms with E-state index in [1.165, 1.54) is 53.0 Å². The minimum atomic E-state index is -4.74. The van der Waals surface area contributed by atoms with E-state index in [1.807, 2.05) is 0 Å². The van der Waals surface area contributed by atoms with Crippen LogP contribution in [0.4, 0.5) is 24.0 Å². The Morgan fingerprint density at radius 3 is 2.41 bits per heavy atom. The van der Waals surface area contributed by atoms with Gasteiger partial charge in [-0.1, -0.05) is 17.4 Å². The monoisotopic (exact) mass is 636 g/mol. The highest BCUT2D eigenvalue weighted by Gasteiger charge is 2.35. The molecule has 222 valence electrons. The van der Waals surface area contributed by atoms with Crippen LogP contribution in [0.15, 0.2) is 72.1 Å². The minimum absolute atomic E-state index is 0.118. The van der Waals surface area contributed by atoms with Gasteiger partial charge in [0, 0.05) is 17.3 Å². The van der Waals surface area contributed by atoms with Crippen LogP contribution in [0.3, 0.4) is 0 Å². The van der Waals surface area contributed by atoms with Crippen molar-refractivity contribution in [3.63, 3.8) is 0 Å². The van der Waals surface area contributed by atoms with Crippen LogP contribution in [0.1, 0.15) is 43.8 Å². The van der Waals surface area contributed by atoms with Crippen LogP contribution < -0.4 is 10.6 Å². The summed E-state index contributed by atoms with van der Waals surface area (Å²) >= 11 is 2.43. The van der Waals surface area contributed by atoms with Gasteiger partial charge in [-0.25, -0.2) is 19.3 Å². The summed E-state index contributed by atoms with van der Waals surface area (Å²) in [5.74, 6) is -1.66. The number of thiophene rings is 1. The molecule has 0 radical (unpaired) electrons. The van der Waals surface area contributed by atoms with Crippen LogP contribution in [-0.2, 0) is 10.9 Å². The molecule has 0 unspecified atom stereocenters. The Morgan fingerprint density at radius 2 is 1.70 bits per heavy atom. The lowest BCUT2D eigenvalue weighted by Gasteiger charge is -2.10. The van der Waals surface area contributed by atoms with Crippen LogP contribution in [0.25, 0.3) is 26.4 Å². The second-order valence-electron chi connectivity index (χ2n) is 9.21. The Morgan fingerprint density at radius 1 is 0.932 bits per heavy atom. The number of anilines is 2. The number of aromatic nitrogens is 4. The molecule has 0 saturated heterocycles. The summed E-state index contributed by atoms with van der Waals surface area (Å²) in [5, 5.41) is 11.2. The van der Waals surface area contributed by atoms with Crippen molar-refractivity contribution in [1.82, 2.24) is 19.6 Å². The fraction of sp³-hybridized carbons (Fsp3) is 0.103. The second kappa shape index (κ2) is 11.5. The minimum Gasteiger partial charge on any atom is -0.462 e. The van der Waals surface area contributed by atoms with Crippen LogP contribution in [0.5, 0.6) is 0 Å². The molecule has 6 rings (SSSR count). The molecule has 0 spiro atoms. The summed E-state index contributed by atoms with van der Waals surface area (Å²) in [6.07, 6.45) is -4.74. The number of hydrogen-bond acceptors (Lipinski definition) is 9. The molecule has 10 nitrogen and oxygen atoms in total. The SMILES string of the molecule is CCOC(=O)c1ccc2nc(NC(=O)c3ccc(NC(=O)c4cc5nc(-c6cccs6)cc(C(F)(F)F)n5n4)cc3)sc2c1. The molecule has 0 atom stereocenters. The first-order valence-electron chi connectivity index (χ1n) is 12.9. The fourth-order valence-electron chi connectivity index (χ4n) is 4.23. The maximum absolute atomic E-state index is 13.8. The first-order chi connectivity index (χ1) is 21.1. The smallest absolute Gasteiger partial charge is 0.433 e. The molecule has 15 heteroatoms. The normalized spacial score (nSPS) is 11.5. The largest absolute Gasteiger partial charge is 0.462 e. The number of alkyl halides is 3. The number of nitrogens with zero attached hydrogens (tertiary/aromatic N) is 4. The molecule has 4 heterocycles. The third-order valence-corrected chi connectivity index (χ3v) is 8.07. The maximum Gasteiger partial charge on any atom is 0.433 e. The average Bonchev–Trinajstić information content (AvgIpc) is 3.76. The molecular formula is C29H19F3N6O4S2. The Kier molecular flexibility index (Phi) is 7.57. The van der Waals surface area contributed by atoms with Crippen molar-refractivity contribution in [2.75, 3.05) is 17.2 Å². The Hall–Kier alpha value is -5.15. The number of amides is 2. The third kappa shape index (κ3) is 5.87. The molecule has 2 N–H and O–H groups in total. The first-order valence-corrected chi connectivity index (χ1v) is 14.6. The lowest BCUT2D eigenvalue weighted by molar-refractivity contribution is -0.142. The van der Waals surface area contributed by atoms with Gasteiger partial charge in [-0.05, 0) is 66.9 Å². The number of rotatable bonds is 7. The van der Waals surface area contributed by atoms with Gasteiger partial charge < -0.3 is 10.1 Å². The van der Waals surface area contributed by atoms with Gasteiger partial charge in [-0.15, -0.1) is 11.3 Å². The van der Waals surface area contributed by atoms with Crippen molar-refractivity contribution in [3.05, 3.63) is 94.6 Å². The van der Waals surface area contributed by atoms with E-state index in [1.54, 1.807) is 42.6 Å². The highest BCUT2D eigenvalue weighted by molar-refractivity contribution is 7.22. The summed E-state index contributed by atoms with van der Waals surface area (Å²) in [6, 6.07) is 16.2. The van der Waals surface area contributed by atoms with E-state index < -0.39 is 29.7 Å². The predicted molar refractivity (Wildman–Crippen MR) is 159 cm³/mol. The number of ether oxygens (including phenoxy) is 1. The van der Waals surface area contributed by atoms with Gasteiger partial charge in [0.05, 0.1) is 33.0 Å². The number of hydrogen-bond donors (Lipinski definition) is 2. The van der Waals surface area contributed by atoms with E-state index >= 15 is 0 Å². The molecule has 0 aliphatic heterocycles. The van der Waals surface area contributed by atoms with E-state index in [-0.39, 0.29) is 29.2 Å². The topological polar surface area (TPSA) is 128 Å². The van der Waals surface area contributed by atoms with Crippen molar-refractivity contribution >= 4 is 67.1 Å². The zero-order chi connectivity index (χ0) is 31.0. The molecule has 0 bridgehead atoms. The number of halogens is 3. The van der Waals surface area contributed by atoms with Crippen molar-refractivity contribution < 1.29 is 32.3 Å². The molecule has 44 heavy (non-hydrogen) atoms. The molecule has 0 aliphatic rings.